The largest absolute Gasteiger partial charge is 0.396 e. The van der Waals surface area contributed by atoms with Crippen molar-refractivity contribution in [2.75, 3.05) is 27.2 Å². The minimum atomic E-state index is -0.130. The van der Waals surface area contributed by atoms with E-state index in [-0.39, 0.29) is 18.7 Å². The van der Waals surface area contributed by atoms with Crippen molar-refractivity contribution in [2.45, 2.75) is 25.9 Å². The number of aliphatic hydroxyl groups is 1. The average Bonchev–Trinajstić information content (AvgIpc) is 2.45. The zero-order valence-corrected chi connectivity index (χ0v) is 13.3. The predicted octanol–water partition coefficient (Wildman–Crippen LogP) is 2.23. The molecule has 0 heterocycles. The lowest BCUT2D eigenvalue weighted by Crippen LogP contribution is -2.51. The van der Waals surface area contributed by atoms with Crippen LogP contribution in [0.4, 0.5) is 0 Å². The molecule has 4 heteroatoms. The third-order valence-electron chi connectivity index (χ3n) is 3.61. The predicted molar refractivity (Wildman–Crippen MR) is 85.4 cm³/mol. The number of hydrogen-bond donors (Lipinski definition) is 2. The van der Waals surface area contributed by atoms with Gasteiger partial charge in [0, 0.05) is 17.7 Å². The molecule has 1 aromatic rings. The van der Waals surface area contributed by atoms with Crippen molar-refractivity contribution >= 4 is 5.91 Å². The molecular weight excluding hydrogens is 264 g/mol. The first-order valence-corrected chi connectivity index (χ1v) is 7.33. The van der Waals surface area contributed by atoms with Gasteiger partial charge in [0.25, 0.3) is 5.91 Å². The quantitative estimate of drug-likeness (QED) is 0.334. The van der Waals surface area contributed by atoms with Gasteiger partial charge in [0.15, 0.2) is 6.17 Å². The van der Waals surface area contributed by atoms with Crippen LogP contribution in [0.5, 0.6) is 0 Å². The topological polar surface area (TPSA) is 49.3 Å². The molecule has 1 amide bonds. The minimum absolute atomic E-state index is 0.128. The summed E-state index contributed by atoms with van der Waals surface area (Å²) >= 11 is 0. The van der Waals surface area contributed by atoms with Crippen LogP contribution in [-0.4, -0.2) is 42.7 Å². The summed E-state index contributed by atoms with van der Waals surface area (Å²) in [5.74, 6) is -0.128. The Morgan fingerprint density at radius 3 is 2.43 bits per heavy atom. The van der Waals surface area contributed by atoms with Gasteiger partial charge in [-0.2, -0.15) is 0 Å². The van der Waals surface area contributed by atoms with E-state index in [1.54, 1.807) is 6.92 Å². The van der Waals surface area contributed by atoms with Crippen molar-refractivity contribution in [3.05, 3.63) is 48.0 Å². The SMILES string of the molecule is C=C(C)C(=O)NC(c1ccccc1)[N+](C)(C)CCCCO. The molecule has 21 heavy (non-hydrogen) atoms. The van der Waals surface area contributed by atoms with Gasteiger partial charge in [0.05, 0.1) is 20.6 Å². The summed E-state index contributed by atoms with van der Waals surface area (Å²) in [6, 6.07) is 9.96. The van der Waals surface area contributed by atoms with Crippen LogP contribution in [0.15, 0.2) is 42.5 Å². The van der Waals surface area contributed by atoms with Crippen LogP contribution in [0.2, 0.25) is 0 Å². The second-order valence-corrected chi connectivity index (χ2v) is 6.00. The number of benzene rings is 1. The highest BCUT2D eigenvalue weighted by Crippen LogP contribution is 2.23. The summed E-state index contributed by atoms with van der Waals surface area (Å²) in [5, 5.41) is 12.0. The molecular formula is C17H27N2O2+. The number of carbonyl (C=O) groups excluding carboxylic acids is 1. The molecule has 0 spiro atoms. The highest BCUT2D eigenvalue weighted by Gasteiger charge is 2.30. The summed E-state index contributed by atoms with van der Waals surface area (Å²) in [6.45, 7) is 6.49. The van der Waals surface area contributed by atoms with Crippen LogP contribution >= 0.6 is 0 Å². The molecule has 1 atom stereocenters. The van der Waals surface area contributed by atoms with E-state index < -0.39 is 0 Å². The maximum Gasteiger partial charge on any atom is 0.251 e. The van der Waals surface area contributed by atoms with E-state index in [1.807, 2.05) is 30.3 Å². The van der Waals surface area contributed by atoms with E-state index in [1.165, 1.54) is 0 Å². The van der Waals surface area contributed by atoms with Crippen LogP contribution in [-0.2, 0) is 4.79 Å². The van der Waals surface area contributed by atoms with Crippen LogP contribution in [0.1, 0.15) is 31.5 Å². The third-order valence-corrected chi connectivity index (χ3v) is 3.61. The van der Waals surface area contributed by atoms with Crippen LogP contribution in [0, 0.1) is 0 Å². The number of carbonyl (C=O) groups is 1. The van der Waals surface area contributed by atoms with Gasteiger partial charge in [-0.25, -0.2) is 0 Å². The van der Waals surface area contributed by atoms with Crippen molar-refractivity contribution in [3.8, 4) is 0 Å². The zero-order chi connectivity index (χ0) is 15.9. The molecule has 0 aliphatic heterocycles. The van der Waals surface area contributed by atoms with Crippen LogP contribution in [0.25, 0.3) is 0 Å². The van der Waals surface area contributed by atoms with Gasteiger partial charge in [-0.15, -0.1) is 0 Å². The molecule has 116 valence electrons. The lowest BCUT2D eigenvalue weighted by Gasteiger charge is -2.38. The summed E-state index contributed by atoms with van der Waals surface area (Å²) in [7, 11) is 4.18. The summed E-state index contributed by atoms with van der Waals surface area (Å²) in [4.78, 5) is 12.0. The van der Waals surface area contributed by atoms with Crippen molar-refractivity contribution in [1.82, 2.24) is 5.32 Å². The highest BCUT2D eigenvalue weighted by atomic mass is 16.2. The first kappa shape index (κ1) is 17.4. The second-order valence-electron chi connectivity index (χ2n) is 6.00. The van der Waals surface area contributed by atoms with Gasteiger partial charge in [0.2, 0.25) is 0 Å². The van der Waals surface area contributed by atoms with E-state index in [0.717, 1.165) is 24.9 Å². The van der Waals surface area contributed by atoms with Crippen LogP contribution < -0.4 is 5.32 Å². The molecule has 0 aliphatic rings. The van der Waals surface area contributed by atoms with E-state index in [4.69, 9.17) is 5.11 Å². The monoisotopic (exact) mass is 291 g/mol. The van der Waals surface area contributed by atoms with Gasteiger partial charge >= 0.3 is 0 Å². The Kier molecular flexibility index (Phi) is 6.59. The van der Waals surface area contributed by atoms with Gasteiger partial charge in [-0.1, -0.05) is 36.9 Å². The van der Waals surface area contributed by atoms with E-state index in [2.05, 4.69) is 26.0 Å². The Bertz CT molecular complexity index is 469. The van der Waals surface area contributed by atoms with Gasteiger partial charge < -0.3 is 9.59 Å². The number of rotatable bonds is 8. The fraction of sp³-hybridized carbons (Fsp3) is 0.471. The molecule has 1 rings (SSSR count). The lowest BCUT2D eigenvalue weighted by atomic mass is 10.1. The average molecular weight is 291 g/mol. The Hall–Kier alpha value is -1.65. The van der Waals surface area contributed by atoms with E-state index in [9.17, 15) is 4.79 Å². The first-order valence-electron chi connectivity index (χ1n) is 7.33. The van der Waals surface area contributed by atoms with E-state index >= 15 is 0 Å². The maximum absolute atomic E-state index is 12.0. The summed E-state index contributed by atoms with van der Waals surface area (Å²) in [6.07, 6.45) is 1.56. The first-order chi connectivity index (χ1) is 9.88. The van der Waals surface area contributed by atoms with Crippen molar-refractivity contribution in [2.24, 2.45) is 0 Å². The molecule has 0 fully saturated rings. The molecule has 0 saturated carbocycles. The molecule has 0 aromatic heterocycles. The Morgan fingerprint density at radius 1 is 1.29 bits per heavy atom. The molecule has 0 bridgehead atoms. The number of quaternary nitrogens is 1. The summed E-state index contributed by atoms with van der Waals surface area (Å²) in [5.41, 5.74) is 1.58. The van der Waals surface area contributed by atoms with Crippen LogP contribution in [0.3, 0.4) is 0 Å². The number of aliphatic hydroxyl groups excluding tert-OH is 1. The Labute approximate surface area is 127 Å². The molecule has 0 radical (unpaired) electrons. The normalized spacial score (nSPS) is 12.8. The van der Waals surface area contributed by atoms with E-state index in [0.29, 0.717) is 10.1 Å². The van der Waals surface area contributed by atoms with Gasteiger partial charge in [0.1, 0.15) is 0 Å². The van der Waals surface area contributed by atoms with Gasteiger partial charge in [-0.05, 0) is 19.8 Å². The Balaban J connectivity index is 2.95. The number of unbranched alkanes of at least 4 members (excludes halogenated alkanes) is 1. The smallest absolute Gasteiger partial charge is 0.251 e. The van der Waals surface area contributed by atoms with Crippen molar-refractivity contribution < 1.29 is 14.4 Å². The highest BCUT2D eigenvalue weighted by molar-refractivity contribution is 5.92. The molecule has 4 nitrogen and oxygen atoms in total. The zero-order valence-electron chi connectivity index (χ0n) is 13.3. The minimum Gasteiger partial charge on any atom is -0.396 e. The third kappa shape index (κ3) is 5.33. The molecule has 1 unspecified atom stereocenters. The summed E-state index contributed by atoms with van der Waals surface area (Å²) < 4.78 is 0.628. The standard InChI is InChI=1S/C17H26N2O2/c1-14(2)17(21)18-16(15-10-6-5-7-11-15)19(3,4)12-8-9-13-20/h5-7,10-11,16,20H,1,8-9,12-13H2,2-4H3/p+1. The fourth-order valence-corrected chi connectivity index (χ4v) is 2.30. The maximum atomic E-state index is 12.0. The molecule has 2 N–H and O–H groups in total. The number of amides is 1. The number of nitrogens with one attached hydrogen (secondary N) is 1. The molecule has 0 saturated heterocycles. The lowest BCUT2D eigenvalue weighted by molar-refractivity contribution is -0.923. The van der Waals surface area contributed by atoms with Crippen molar-refractivity contribution in [3.63, 3.8) is 0 Å². The Morgan fingerprint density at radius 2 is 1.90 bits per heavy atom. The van der Waals surface area contributed by atoms with Crippen molar-refractivity contribution in [1.29, 1.82) is 0 Å². The van der Waals surface area contributed by atoms with Gasteiger partial charge in [-0.3, -0.25) is 10.1 Å². The number of hydrogen-bond acceptors (Lipinski definition) is 2. The molecule has 1 aromatic carbocycles. The molecule has 0 aliphatic carbocycles. The second kappa shape index (κ2) is 7.96. The number of nitrogens with zero attached hydrogens (tertiary/aromatic N) is 1. The fourth-order valence-electron chi connectivity index (χ4n) is 2.30.